The molecule has 0 aliphatic heterocycles. The standard InChI is InChI=1S/C13H21N5O2/c1-9(2)6-7-17(10-4-5-10)13-11(18(19)20)12(14-3)15-8-16-13/h8-10H,4-7H2,1-3H3,(H,14,15,16). The van der Waals surface area contributed by atoms with E-state index in [0.29, 0.717) is 17.8 Å². The van der Waals surface area contributed by atoms with Crippen molar-refractivity contribution in [2.24, 2.45) is 5.92 Å². The number of rotatable bonds is 7. The summed E-state index contributed by atoms with van der Waals surface area (Å²) in [6.07, 6.45) is 4.54. The van der Waals surface area contributed by atoms with Gasteiger partial charge in [0.1, 0.15) is 6.33 Å². The highest BCUT2D eigenvalue weighted by molar-refractivity contribution is 5.70. The van der Waals surface area contributed by atoms with Crippen LogP contribution >= 0.6 is 0 Å². The second-order valence-corrected chi connectivity index (χ2v) is 5.51. The van der Waals surface area contributed by atoms with Gasteiger partial charge in [0, 0.05) is 19.6 Å². The highest BCUT2D eigenvalue weighted by atomic mass is 16.6. The molecular weight excluding hydrogens is 258 g/mol. The van der Waals surface area contributed by atoms with Gasteiger partial charge in [-0.25, -0.2) is 9.97 Å². The van der Waals surface area contributed by atoms with E-state index in [4.69, 9.17) is 0 Å². The second-order valence-electron chi connectivity index (χ2n) is 5.51. The Morgan fingerprint density at radius 2 is 2.20 bits per heavy atom. The minimum Gasteiger partial charge on any atom is -0.367 e. The fraction of sp³-hybridized carbons (Fsp3) is 0.692. The first-order valence-electron chi connectivity index (χ1n) is 6.98. The van der Waals surface area contributed by atoms with Crippen LogP contribution in [0.1, 0.15) is 33.1 Å². The smallest absolute Gasteiger partial charge is 0.353 e. The van der Waals surface area contributed by atoms with Crippen molar-refractivity contribution in [1.29, 1.82) is 0 Å². The molecule has 7 heteroatoms. The first kappa shape index (κ1) is 14.5. The Morgan fingerprint density at radius 3 is 2.70 bits per heavy atom. The van der Waals surface area contributed by atoms with Crippen LogP contribution in [0.2, 0.25) is 0 Å². The quantitative estimate of drug-likeness (QED) is 0.609. The third-order valence-corrected chi connectivity index (χ3v) is 3.43. The third kappa shape index (κ3) is 3.15. The first-order chi connectivity index (χ1) is 9.54. The van der Waals surface area contributed by atoms with Crippen LogP contribution in [0, 0.1) is 16.0 Å². The van der Waals surface area contributed by atoms with Crippen molar-refractivity contribution in [2.45, 2.75) is 39.2 Å². The SMILES string of the molecule is CNc1ncnc(N(CCC(C)C)C2CC2)c1[N+](=O)[O-]. The molecular formula is C13H21N5O2. The lowest BCUT2D eigenvalue weighted by Gasteiger charge is -2.24. The van der Waals surface area contributed by atoms with E-state index in [9.17, 15) is 10.1 Å². The van der Waals surface area contributed by atoms with Crippen LogP contribution in [0.25, 0.3) is 0 Å². The Balaban J connectivity index is 2.34. The average Bonchev–Trinajstić information content (AvgIpc) is 3.22. The van der Waals surface area contributed by atoms with Crippen molar-refractivity contribution < 1.29 is 4.92 Å². The summed E-state index contributed by atoms with van der Waals surface area (Å²) in [5.41, 5.74) is -0.0225. The van der Waals surface area contributed by atoms with Crippen molar-refractivity contribution in [1.82, 2.24) is 9.97 Å². The highest BCUT2D eigenvalue weighted by Gasteiger charge is 2.35. The van der Waals surface area contributed by atoms with Crippen molar-refractivity contribution in [3.05, 3.63) is 16.4 Å². The molecule has 0 aromatic carbocycles. The van der Waals surface area contributed by atoms with Gasteiger partial charge in [0.15, 0.2) is 0 Å². The zero-order valence-electron chi connectivity index (χ0n) is 12.2. The minimum atomic E-state index is -0.397. The van der Waals surface area contributed by atoms with Crippen molar-refractivity contribution >= 4 is 17.3 Å². The van der Waals surface area contributed by atoms with E-state index >= 15 is 0 Å². The number of hydrogen-bond donors (Lipinski definition) is 1. The molecule has 0 spiro atoms. The van der Waals surface area contributed by atoms with E-state index in [0.717, 1.165) is 25.8 Å². The molecule has 1 aromatic rings. The maximum absolute atomic E-state index is 11.3. The number of aromatic nitrogens is 2. The summed E-state index contributed by atoms with van der Waals surface area (Å²) in [5.74, 6) is 1.27. The molecule has 0 bridgehead atoms. The summed E-state index contributed by atoms with van der Waals surface area (Å²) in [4.78, 5) is 21.1. The van der Waals surface area contributed by atoms with Crippen LogP contribution in [-0.4, -0.2) is 34.5 Å². The van der Waals surface area contributed by atoms with Crippen LogP contribution in [0.3, 0.4) is 0 Å². The van der Waals surface area contributed by atoms with Gasteiger partial charge >= 0.3 is 5.69 Å². The summed E-state index contributed by atoms with van der Waals surface area (Å²) < 4.78 is 0. The number of hydrogen-bond acceptors (Lipinski definition) is 6. The largest absolute Gasteiger partial charge is 0.367 e. The molecule has 0 atom stereocenters. The average molecular weight is 279 g/mol. The molecule has 0 amide bonds. The summed E-state index contributed by atoms with van der Waals surface area (Å²) in [7, 11) is 1.63. The van der Waals surface area contributed by atoms with Gasteiger partial charge in [0.2, 0.25) is 11.6 Å². The fourth-order valence-corrected chi connectivity index (χ4v) is 2.18. The number of nitro groups is 1. The van der Waals surface area contributed by atoms with Gasteiger partial charge < -0.3 is 10.2 Å². The van der Waals surface area contributed by atoms with Crippen molar-refractivity contribution in [3.63, 3.8) is 0 Å². The van der Waals surface area contributed by atoms with Gasteiger partial charge in [0.25, 0.3) is 0 Å². The Bertz CT molecular complexity index is 488. The monoisotopic (exact) mass is 279 g/mol. The van der Waals surface area contributed by atoms with Gasteiger partial charge in [0.05, 0.1) is 4.92 Å². The van der Waals surface area contributed by atoms with Crippen LogP contribution < -0.4 is 10.2 Å². The topological polar surface area (TPSA) is 84.2 Å². The van der Waals surface area contributed by atoms with Crippen molar-refractivity contribution in [3.8, 4) is 0 Å². The van der Waals surface area contributed by atoms with E-state index in [1.807, 2.05) is 0 Å². The molecule has 20 heavy (non-hydrogen) atoms. The van der Waals surface area contributed by atoms with E-state index in [-0.39, 0.29) is 11.5 Å². The van der Waals surface area contributed by atoms with Crippen LogP contribution in [0.4, 0.5) is 17.3 Å². The molecule has 7 nitrogen and oxygen atoms in total. The predicted octanol–water partition coefficient (Wildman–Crippen LogP) is 2.44. The molecule has 0 unspecified atom stereocenters. The van der Waals surface area contributed by atoms with E-state index < -0.39 is 4.92 Å². The third-order valence-electron chi connectivity index (χ3n) is 3.43. The van der Waals surface area contributed by atoms with Gasteiger partial charge in [-0.15, -0.1) is 0 Å². The van der Waals surface area contributed by atoms with Gasteiger partial charge in [-0.2, -0.15) is 0 Å². The lowest BCUT2D eigenvalue weighted by Crippen LogP contribution is -2.29. The van der Waals surface area contributed by atoms with Gasteiger partial charge in [-0.1, -0.05) is 13.8 Å². The molecule has 110 valence electrons. The van der Waals surface area contributed by atoms with Crippen LogP contribution in [0.15, 0.2) is 6.33 Å². The molecule has 0 radical (unpaired) electrons. The molecule has 1 saturated carbocycles. The minimum absolute atomic E-state index is 0.0225. The Hall–Kier alpha value is -1.92. The molecule has 2 rings (SSSR count). The molecule has 1 aliphatic rings. The Kier molecular flexibility index (Phi) is 4.36. The second kappa shape index (κ2) is 6.02. The zero-order valence-corrected chi connectivity index (χ0v) is 12.2. The van der Waals surface area contributed by atoms with Crippen LogP contribution in [-0.2, 0) is 0 Å². The lowest BCUT2D eigenvalue weighted by atomic mass is 10.1. The Morgan fingerprint density at radius 1 is 1.50 bits per heavy atom. The van der Waals surface area contributed by atoms with Crippen molar-refractivity contribution in [2.75, 3.05) is 23.8 Å². The molecule has 1 N–H and O–H groups in total. The summed E-state index contributed by atoms with van der Waals surface area (Å²) >= 11 is 0. The van der Waals surface area contributed by atoms with Gasteiger partial charge in [-0.3, -0.25) is 10.1 Å². The van der Waals surface area contributed by atoms with E-state index in [2.05, 4.69) is 34.0 Å². The number of nitrogens with one attached hydrogen (secondary N) is 1. The normalized spacial score (nSPS) is 14.4. The van der Waals surface area contributed by atoms with Crippen LogP contribution in [0.5, 0.6) is 0 Å². The summed E-state index contributed by atoms with van der Waals surface area (Å²) in [5, 5.41) is 14.1. The molecule has 1 aliphatic carbocycles. The highest BCUT2D eigenvalue weighted by Crippen LogP contribution is 2.38. The molecule has 1 heterocycles. The molecule has 1 aromatic heterocycles. The predicted molar refractivity (Wildman–Crippen MR) is 78.1 cm³/mol. The van der Waals surface area contributed by atoms with Gasteiger partial charge in [-0.05, 0) is 25.2 Å². The maximum Gasteiger partial charge on any atom is 0.353 e. The first-order valence-corrected chi connectivity index (χ1v) is 6.98. The summed E-state index contributed by atoms with van der Waals surface area (Å²) in [6, 6.07) is 0.382. The lowest BCUT2D eigenvalue weighted by molar-refractivity contribution is -0.383. The van der Waals surface area contributed by atoms with E-state index in [1.165, 1.54) is 6.33 Å². The molecule has 1 fully saturated rings. The summed E-state index contributed by atoms with van der Waals surface area (Å²) in [6.45, 7) is 5.10. The zero-order chi connectivity index (χ0) is 14.7. The van der Waals surface area contributed by atoms with E-state index in [1.54, 1.807) is 7.05 Å². The maximum atomic E-state index is 11.3. The number of nitrogens with zero attached hydrogens (tertiary/aromatic N) is 4. The molecule has 0 saturated heterocycles. The number of anilines is 2. The fourth-order valence-electron chi connectivity index (χ4n) is 2.18. The Labute approximate surface area is 118 Å².